The molecule has 5 nitrogen and oxygen atoms in total. The van der Waals surface area contributed by atoms with Crippen molar-refractivity contribution in [3.8, 4) is 0 Å². The third kappa shape index (κ3) is 6.12. The molecule has 2 heterocycles. The molecule has 0 aliphatic carbocycles. The lowest BCUT2D eigenvalue weighted by molar-refractivity contribution is -0.148. The van der Waals surface area contributed by atoms with Gasteiger partial charge >= 0.3 is 0 Å². The lowest BCUT2D eigenvalue weighted by atomic mass is 9.90. The van der Waals surface area contributed by atoms with Crippen molar-refractivity contribution in [1.82, 2.24) is 15.1 Å². The molecule has 1 unspecified atom stereocenters. The highest BCUT2D eigenvalue weighted by atomic mass is 31.0. The van der Waals surface area contributed by atoms with E-state index in [-0.39, 0.29) is 30.6 Å². The highest BCUT2D eigenvalue weighted by Crippen LogP contribution is 2.30. The van der Waals surface area contributed by atoms with Crippen molar-refractivity contribution in [3.63, 3.8) is 0 Å². The van der Waals surface area contributed by atoms with Gasteiger partial charge in [0.2, 0.25) is 0 Å². The highest BCUT2D eigenvalue weighted by Gasteiger charge is 2.44. The number of rotatable bonds is 7. The molecule has 8 heteroatoms. The number of likely N-dealkylation sites (tertiary alicyclic amines) is 2. The Kier molecular flexibility index (Phi) is 8.20. The zero-order valence-electron chi connectivity index (χ0n) is 18.0. The molecule has 2 aliphatic rings. The minimum Gasteiger partial charge on any atom is -0.405 e. The first-order valence-corrected chi connectivity index (χ1v) is 11.4. The van der Waals surface area contributed by atoms with Gasteiger partial charge in [0.1, 0.15) is 5.82 Å². The van der Waals surface area contributed by atoms with E-state index < -0.39 is 5.67 Å². The summed E-state index contributed by atoms with van der Waals surface area (Å²) in [5.41, 5.74) is 5.11. The summed E-state index contributed by atoms with van der Waals surface area (Å²) in [5.74, 6) is -0.603. The number of hydrogen-bond acceptors (Lipinski definition) is 4. The molecule has 0 radical (unpaired) electrons. The van der Waals surface area contributed by atoms with Crippen LogP contribution >= 0.6 is 9.24 Å². The number of carbonyl (C=O) groups excluding carboxylic acids is 1. The molecule has 3 N–H and O–H groups in total. The number of nitrogens with zero attached hydrogens (tertiary/aromatic N) is 2. The van der Waals surface area contributed by atoms with Crippen molar-refractivity contribution < 1.29 is 13.6 Å². The summed E-state index contributed by atoms with van der Waals surface area (Å²) in [6, 6.07) is 5.20. The monoisotopic (exact) mass is 450 g/mol. The van der Waals surface area contributed by atoms with Crippen LogP contribution in [-0.2, 0) is 11.3 Å². The summed E-state index contributed by atoms with van der Waals surface area (Å²) in [7, 11) is 2.56. The molecule has 1 aromatic carbocycles. The zero-order valence-corrected chi connectivity index (χ0v) is 19.1. The van der Waals surface area contributed by atoms with Crippen LogP contribution in [-0.4, -0.2) is 60.1 Å². The van der Waals surface area contributed by atoms with E-state index in [0.717, 1.165) is 23.7 Å². The molecule has 170 valence electrons. The van der Waals surface area contributed by atoms with Crippen LogP contribution in [0.25, 0.3) is 0 Å². The van der Waals surface area contributed by atoms with E-state index in [1.54, 1.807) is 17.0 Å². The summed E-state index contributed by atoms with van der Waals surface area (Å²) in [5, 5.41) is 4.23. The van der Waals surface area contributed by atoms with Crippen LogP contribution in [0.5, 0.6) is 0 Å². The second kappa shape index (κ2) is 10.7. The molecule has 0 saturated carbocycles. The third-order valence-corrected chi connectivity index (χ3v) is 6.84. The standard InChI is InChI=1S/C23H33F2N4OP/c1-17(5-10-26)16-28-13-8-23(25,9-14-28)22(30)29-11-6-18(7-12-29)27-15-19-20(24)3-2-4-21(19)31/h2-5,10,18,27H,1,6-9,11-16,26,31H2/b10-5-. The summed E-state index contributed by atoms with van der Waals surface area (Å²) in [6.07, 6.45) is 5.07. The van der Waals surface area contributed by atoms with E-state index >= 15 is 4.39 Å². The summed E-state index contributed by atoms with van der Waals surface area (Å²) < 4.78 is 29.4. The number of alkyl halides is 1. The van der Waals surface area contributed by atoms with Gasteiger partial charge in [-0.3, -0.25) is 9.69 Å². The molecule has 0 spiro atoms. The van der Waals surface area contributed by atoms with Gasteiger partial charge in [0, 0.05) is 63.7 Å². The number of halogens is 2. The van der Waals surface area contributed by atoms with Crippen LogP contribution in [0.2, 0.25) is 0 Å². The van der Waals surface area contributed by atoms with E-state index in [0.29, 0.717) is 44.8 Å². The quantitative estimate of drug-likeness (QED) is 0.494. The van der Waals surface area contributed by atoms with Crippen LogP contribution in [0.4, 0.5) is 8.78 Å². The Morgan fingerprint density at radius 2 is 1.97 bits per heavy atom. The number of carbonyl (C=O) groups is 1. The minimum atomic E-state index is -1.79. The van der Waals surface area contributed by atoms with Gasteiger partial charge in [0.05, 0.1) is 0 Å². The Morgan fingerprint density at radius 3 is 2.58 bits per heavy atom. The molecule has 0 bridgehead atoms. The van der Waals surface area contributed by atoms with E-state index in [9.17, 15) is 9.18 Å². The topological polar surface area (TPSA) is 61.6 Å². The maximum atomic E-state index is 15.4. The molecule has 2 aliphatic heterocycles. The van der Waals surface area contributed by atoms with Crippen molar-refractivity contribution in [3.05, 3.63) is 54.0 Å². The third-order valence-electron chi connectivity index (χ3n) is 6.30. The average molecular weight is 451 g/mol. The molecule has 1 aromatic rings. The fraction of sp³-hybridized carbons (Fsp3) is 0.522. The maximum Gasteiger partial charge on any atom is 0.260 e. The van der Waals surface area contributed by atoms with Gasteiger partial charge in [-0.2, -0.15) is 0 Å². The first-order chi connectivity index (χ1) is 14.8. The van der Waals surface area contributed by atoms with Crippen molar-refractivity contribution in [2.24, 2.45) is 5.73 Å². The molecular formula is C23H33F2N4OP. The Labute approximate surface area is 185 Å². The Morgan fingerprint density at radius 1 is 1.29 bits per heavy atom. The fourth-order valence-corrected chi connectivity index (χ4v) is 4.68. The fourth-order valence-electron chi connectivity index (χ4n) is 4.33. The van der Waals surface area contributed by atoms with E-state index in [4.69, 9.17) is 5.73 Å². The molecule has 0 aromatic heterocycles. The van der Waals surface area contributed by atoms with Crippen LogP contribution in [0.3, 0.4) is 0 Å². The second-order valence-electron chi connectivity index (χ2n) is 8.51. The van der Waals surface area contributed by atoms with Crippen molar-refractivity contribution in [2.75, 3.05) is 32.7 Å². The summed E-state index contributed by atoms with van der Waals surface area (Å²) >= 11 is 0. The SMILES string of the molecule is C=C(/C=C\N)CN1CCC(F)(C(=O)N2CCC(NCc3c(F)cccc3P)CC2)CC1. The highest BCUT2D eigenvalue weighted by molar-refractivity contribution is 7.27. The molecule has 3 rings (SSSR count). The normalized spacial score (nSPS) is 20.3. The smallest absolute Gasteiger partial charge is 0.260 e. The van der Waals surface area contributed by atoms with Crippen molar-refractivity contribution in [2.45, 2.75) is 43.9 Å². The second-order valence-corrected chi connectivity index (χ2v) is 9.14. The lowest BCUT2D eigenvalue weighted by Crippen LogP contribution is -2.55. The summed E-state index contributed by atoms with van der Waals surface area (Å²) in [4.78, 5) is 16.7. The van der Waals surface area contributed by atoms with Crippen molar-refractivity contribution in [1.29, 1.82) is 0 Å². The first-order valence-electron chi connectivity index (χ1n) is 10.9. The van der Waals surface area contributed by atoms with Crippen molar-refractivity contribution >= 4 is 20.5 Å². The van der Waals surface area contributed by atoms with Crippen LogP contribution in [0.15, 0.2) is 42.6 Å². The van der Waals surface area contributed by atoms with Crippen LogP contribution in [0, 0.1) is 5.82 Å². The van der Waals surface area contributed by atoms with Gasteiger partial charge in [-0.1, -0.05) is 18.7 Å². The van der Waals surface area contributed by atoms with Gasteiger partial charge in [0.25, 0.3) is 5.91 Å². The number of nitrogens with two attached hydrogens (primary N) is 1. The van der Waals surface area contributed by atoms with Gasteiger partial charge in [-0.05, 0) is 42.1 Å². The van der Waals surface area contributed by atoms with Crippen LogP contribution < -0.4 is 16.4 Å². The number of nitrogens with one attached hydrogen (secondary N) is 1. The molecule has 1 amide bonds. The van der Waals surface area contributed by atoms with Gasteiger partial charge in [0.15, 0.2) is 5.67 Å². The Hall–Kier alpha value is -1.82. The zero-order chi connectivity index (χ0) is 22.4. The van der Waals surface area contributed by atoms with E-state index in [1.165, 1.54) is 12.3 Å². The largest absolute Gasteiger partial charge is 0.405 e. The molecule has 1 atom stereocenters. The number of piperidine rings is 2. The van der Waals surface area contributed by atoms with Gasteiger partial charge in [-0.15, -0.1) is 9.24 Å². The minimum absolute atomic E-state index is 0.187. The Bertz CT molecular complexity index is 796. The van der Waals surface area contributed by atoms with Gasteiger partial charge < -0.3 is 16.0 Å². The first kappa shape index (κ1) is 23.8. The number of hydrogen-bond donors (Lipinski definition) is 2. The lowest BCUT2D eigenvalue weighted by Gasteiger charge is -2.40. The number of benzene rings is 1. The molecule has 31 heavy (non-hydrogen) atoms. The predicted octanol–water partition coefficient (Wildman–Crippen LogP) is 2.24. The number of amides is 1. The predicted molar refractivity (Wildman–Crippen MR) is 124 cm³/mol. The Balaban J connectivity index is 1.45. The molecular weight excluding hydrogens is 417 g/mol. The van der Waals surface area contributed by atoms with Crippen LogP contribution in [0.1, 0.15) is 31.2 Å². The van der Waals surface area contributed by atoms with Gasteiger partial charge in [-0.25, -0.2) is 8.78 Å². The average Bonchev–Trinajstić information content (AvgIpc) is 2.75. The molecule has 2 fully saturated rings. The van der Waals surface area contributed by atoms with E-state index in [1.807, 2.05) is 6.07 Å². The maximum absolute atomic E-state index is 15.4. The molecule has 2 saturated heterocycles. The van der Waals surface area contributed by atoms with E-state index in [2.05, 4.69) is 26.0 Å². The summed E-state index contributed by atoms with van der Waals surface area (Å²) in [6.45, 7) is 7.10.